The summed E-state index contributed by atoms with van der Waals surface area (Å²) in [7, 11) is 1.15. The van der Waals surface area contributed by atoms with E-state index in [2.05, 4.69) is 4.98 Å². The van der Waals surface area contributed by atoms with E-state index in [1.807, 2.05) is 0 Å². The number of aromatic amines is 1. The van der Waals surface area contributed by atoms with Crippen molar-refractivity contribution in [3.63, 3.8) is 0 Å². The Morgan fingerprint density at radius 3 is 2.32 bits per heavy atom. The predicted octanol–water partition coefficient (Wildman–Crippen LogP) is 1.30. The number of methoxy groups -OCH3 is 1. The minimum Gasteiger partial charge on any atom is -0.465 e. The molecule has 0 fully saturated rings. The Morgan fingerprint density at radius 1 is 1.08 bits per heavy atom. The first-order valence-corrected chi connectivity index (χ1v) is 7.42. The summed E-state index contributed by atoms with van der Waals surface area (Å²) in [5.41, 5.74) is -0.0987. The average Bonchev–Trinajstić information content (AvgIpc) is 2.92. The number of ether oxygens (including phenoxy) is 1. The second kappa shape index (κ2) is 5.90. The molecule has 2 aromatic heterocycles. The Hall–Kier alpha value is -3.42. The Bertz CT molecular complexity index is 1080. The highest BCUT2D eigenvalue weighted by atomic mass is 16.5. The summed E-state index contributed by atoms with van der Waals surface area (Å²) >= 11 is 0. The molecule has 128 valence electrons. The van der Waals surface area contributed by atoms with E-state index in [1.54, 1.807) is 24.3 Å². The van der Waals surface area contributed by atoms with Gasteiger partial charge in [0.05, 0.1) is 12.6 Å². The number of amides is 2. The average molecular weight is 341 g/mol. The van der Waals surface area contributed by atoms with Crippen molar-refractivity contribution in [3.8, 4) is 0 Å². The van der Waals surface area contributed by atoms with Crippen LogP contribution in [0.25, 0.3) is 21.8 Å². The molecule has 0 aliphatic rings. The number of hydrogen-bond acceptors (Lipinski definition) is 5. The Kier molecular flexibility index (Phi) is 3.88. The van der Waals surface area contributed by atoms with Crippen molar-refractivity contribution in [2.24, 2.45) is 0 Å². The molecule has 1 N–H and O–H groups in total. The van der Waals surface area contributed by atoms with E-state index >= 15 is 0 Å². The number of fused-ring (bicyclic) bond motifs is 3. The number of carbonyl (C=O) groups is 3. The smallest absolute Gasteiger partial charge is 0.345 e. The second-order valence-electron chi connectivity index (χ2n) is 5.45. The number of pyridine rings is 1. The molecule has 0 unspecified atom stereocenters. The third-order valence-corrected chi connectivity index (χ3v) is 3.87. The number of hydrogen-bond donors (Lipinski definition) is 1. The van der Waals surface area contributed by atoms with Crippen LogP contribution in [0.5, 0.6) is 0 Å². The number of carbonyl (C=O) groups excluding carboxylic acids is 3. The van der Waals surface area contributed by atoms with Gasteiger partial charge in [-0.2, -0.15) is 5.01 Å². The van der Waals surface area contributed by atoms with Gasteiger partial charge >= 0.3 is 5.97 Å². The summed E-state index contributed by atoms with van der Waals surface area (Å²) in [6.45, 7) is 2.32. The van der Waals surface area contributed by atoms with Gasteiger partial charge in [-0.15, -0.1) is 0 Å². The molecule has 0 aliphatic carbocycles. The normalized spacial score (nSPS) is 10.8. The van der Waals surface area contributed by atoms with Crippen LogP contribution >= 0.6 is 0 Å². The van der Waals surface area contributed by atoms with E-state index in [4.69, 9.17) is 4.74 Å². The van der Waals surface area contributed by atoms with Gasteiger partial charge in [-0.3, -0.25) is 14.4 Å². The molecular weight excluding hydrogens is 326 g/mol. The van der Waals surface area contributed by atoms with Gasteiger partial charge in [-0.25, -0.2) is 9.47 Å². The van der Waals surface area contributed by atoms with Gasteiger partial charge in [-0.1, -0.05) is 18.2 Å². The maximum absolute atomic E-state index is 12.8. The number of imide groups is 1. The fourth-order valence-electron chi connectivity index (χ4n) is 2.86. The summed E-state index contributed by atoms with van der Waals surface area (Å²) in [6.07, 6.45) is 1.37. The molecule has 8 nitrogen and oxygen atoms in total. The Morgan fingerprint density at radius 2 is 1.72 bits per heavy atom. The van der Waals surface area contributed by atoms with E-state index in [0.717, 1.165) is 31.0 Å². The minimum absolute atomic E-state index is 0.274. The molecule has 0 aliphatic heterocycles. The molecule has 2 amide bonds. The van der Waals surface area contributed by atoms with Crippen LogP contribution in [0.3, 0.4) is 0 Å². The van der Waals surface area contributed by atoms with Crippen molar-refractivity contribution in [2.45, 2.75) is 13.8 Å². The van der Waals surface area contributed by atoms with Crippen LogP contribution in [-0.2, 0) is 14.3 Å². The van der Waals surface area contributed by atoms with Crippen LogP contribution < -0.4 is 10.6 Å². The number of aromatic nitrogens is 2. The summed E-state index contributed by atoms with van der Waals surface area (Å²) in [4.78, 5) is 51.7. The van der Waals surface area contributed by atoms with Gasteiger partial charge < -0.3 is 9.72 Å². The van der Waals surface area contributed by atoms with Crippen LogP contribution in [0, 0.1) is 0 Å². The number of H-pyrrole nitrogens is 1. The zero-order valence-electron chi connectivity index (χ0n) is 13.8. The van der Waals surface area contributed by atoms with Gasteiger partial charge in [0.15, 0.2) is 5.56 Å². The number of nitrogens with zero attached hydrogens (tertiary/aromatic N) is 2. The largest absolute Gasteiger partial charge is 0.465 e. The van der Waals surface area contributed by atoms with Gasteiger partial charge in [-0.05, 0) is 6.07 Å². The number of rotatable bonds is 2. The SMILES string of the molecule is COC(=O)c1c(=O)n(N(C(C)=O)C(C)=O)cc2c1[nH]c1ccccc12. The lowest BCUT2D eigenvalue weighted by Crippen LogP contribution is -2.49. The van der Waals surface area contributed by atoms with Crippen molar-refractivity contribution in [1.82, 2.24) is 9.66 Å². The zero-order valence-corrected chi connectivity index (χ0v) is 13.8. The molecule has 0 saturated carbocycles. The monoisotopic (exact) mass is 341 g/mol. The third kappa shape index (κ3) is 2.47. The molecular formula is C17H15N3O5. The predicted molar refractivity (Wildman–Crippen MR) is 91.0 cm³/mol. The number of nitrogens with one attached hydrogen (secondary N) is 1. The Labute approximate surface area is 141 Å². The summed E-state index contributed by atoms with van der Waals surface area (Å²) in [6, 6.07) is 7.20. The quantitative estimate of drug-likeness (QED) is 0.708. The molecule has 1 aromatic carbocycles. The number of benzene rings is 1. The number of esters is 1. The van der Waals surface area contributed by atoms with E-state index in [1.165, 1.54) is 6.20 Å². The van der Waals surface area contributed by atoms with Gasteiger partial charge in [0.25, 0.3) is 5.56 Å². The standard InChI is InChI=1S/C17H15N3O5/c1-9(21)20(10(2)22)19-8-12-11-6-4-5-7-13(11)18-15(12)14(16(19)23)17(24)25-3/h4-8,18H,1-3H3. The fourth-order valence-corrected chi connectivity index (χ4v) is 2.86. The first-order valence-electron chi connectivity index (χ1n) is 7.42. The lowest BCUT2D eigenvalue weighted by Gasteiger charge is -2.20. The molecule has 0 atom stereocenters. The molecule has 0 spiro atoms. The highest BCUT2D eigenvalue weighted by molar-refractivity contribution is 6.14. The molecule has 3 rings (SSSR count). The first kappa shape index (κ1) is 16.4. The highest BCUT2D eigenvalue weighted by Crippen LogP contribution is 2.26. The molecule has 0 bridgehead atoms. The van der Waals surface area contributed by atoms with Gasteiger partial charge in [0, 0.05) is 36.3 Å². The van der Waals surface area contributed by atoms with Crippen LogP contribution in [0.1, 0.15) is 24.2 Å². The molecule has 0 radical (unpaired) electrons. The Balaban J connectivity index is 2.51. The van der Waals surface area contributed by atoms with Gasteiger partial charge in [0.2, 0.25) is 11.8 Å². The van der Waals surface area contributed by atoms with E-state index < -0.39 is 23.3 Å². The van der Waals surface area contributed by atoms with E-state index in [-0.39, 0.29) is 5.56 Å². The van der Waals surface area contributed by atoms with Crippen LogP contribution in [0.4, 0.5) is 0 Å². The third-order valence-electron chi connectivity index (χ3n) is 3.87. The molecule has 25 heavy (non-hydrogen) atoms. The molecule has 3 aromatic rings. The van der Waals surface area contributed by atoms with E-state index in [0.29, 0.717) is 21.4 Å². The fraction of sp³-hybridized carbons (Fsp3) is 0.176. The molecule has 0 saturated heterocycles. The summed E-state index contributed by atoms with van der Waals surface area (Å²) in [5.74, 6) is -2.16. The molecule has 2 heterocycles. The lowest BCUT2D eigenvalue weighted by molar-refractivity contribution is -0.126. The lowest BCUT2D eigenvalue weighted by atomic mass is 10.1. The highest BCUT2D eigenvalue weighted by Gasteiger charge is 2.26. The van der Waals surface area contributed by atoms with Crippen LogP contribution in [0.15, 0.2) is 35.3 Å². The van der Waals surface area contributed by atoms with Crippen molar-refractivity contribution >= 4 is 39.6 Å². The van der Waals surface area contributed by atoms with Crippen LogP contribution in [-0.4, -0.2) is 34.6 Å². The number of para-hydroxylation sites is 1. The maximum atomic E-state index is 12.8. The van der Waals surface area contributed by atoms with Crippen LogP contribution in [0.2, 0.25) is 0 Å². The first-order chi connectivity index (χ1) is 11.9. The van der Waals surface area contributed by atoms with E-state index in [9.17, 15) is 19.2 Å². The van der Waals surface area contributed by atoms with Crippen molar-refractivity contribution in [3.05, 3.63) is 46.4 Å². The second-order valence-corrected chi connectivity index (χ2v) is 5.45. The zero-order chi connectivity index (χ0) is 18.3. The van der Waals surface area contributed by atoms with Crippen molar-refractivity contribution in [2.75, 3.05) is 12.1 Å². The summed E-state index contributed by atoms with van der Waals surface area (Å²) < 4.78 is 5.56. The maximum Gasteiger partial charge on any atom is 0.345 e. The summed E-state index contributed by atoms with van der Waals surface area (Å²) in [5, 5.41) is 1.93. The van der Waals surface area contributed by atoms with Crippen molar-refractivity contribution < 1.29 is 19.1 Å². The minimum atomic E-state index is -0.858. The van der Waals surface area contributed by atoms with Gasteiger partial charge in [0.1, 0.15) is 0 Å². The van der Waals surface area contributed by atoms with Crippen molar-refractivity contribution in [1.29, 1.82) is 0 Å². The molecule has 8 heteroatoms. The topological polar surface area (TPSA) is 101 Å².